The fraction of sp³-hybridized carbons (Fsp3) is 0.500. The minimum Gasteiger partial charge on any atom is -0.481 e. The second kappa shape index (κ2) is 7.11. The van der Waals surface area contributed by atoms with Gasteiger partial charge >= 0.3 is 12.0 Å². The number of anilines is 1. The molecule has 0 unspecified atom stereocenters. The van der Waals surface area contributed by atoms with Gasteiger partial charge in [-0.05, 0) is 49.8 Å². The number of aliphatic carboxylic acids is 1. The molecule has 0 radical (unpaired) electrons. The molecule has 2 N–H and O–H groups in total. The SMILES string of the molecule is CCN(CCC(=O)O)C(=O)Nc1cccc2c1CCCC2. The van der Waals surface area contributed by atoms with Gasteiger partial charge in [0.15, 0.2) is 0 Å². The molecule has 21 heavy (non-hydrogen) atoms. The third kappa shape index (κ3) is 3.97. The van der Waals surface area contributed by atoms with Crippen molar-refractivity contribution in [3.05, 3.63) is 29.3 Å². The summed E-state index contributed by atoms with van der Waals surface area (Å²) in [6.07, 6.45) is 4.37. The number of rotatable bonds is 5. The molecule has 5 heteroatoms. The number of fused-ring (bicyclic) bond motifs is 1. The first-order valence-corrected chi connectivity index (χ1v) is 7.50. The fourth-order valence-electron chi connectivity index (χ4n) is 2.73. The first-order valence-electron chi connectivity index (χ1n) is 7.50. The molecule has 0 atom stereocenters. The van der Waals surface area contributed by atoms with Crippen LogP contribution in [0.5, 0.6) is 0 Å². The Kier molecular flexibility index (Phi) is 5.20. The maximum absolute atomic E-state index is 12.3. The van der Waals surface area contributed by atoms with Gasteiger partial charge in [0.1, 0.15) is 0 Å². The quantitative estimate of drug-likeness (QED) is 0.876. The van der Waals surface area contributed by atoms with Crippen molar-refractivity contribution < 1.29 is 14.7 Å². The summed E-state index contributed by atoms with van der Waals surface area (Å²) in [6.45, 7) is 2.57. The number of amides is 2. The van der Waals surface area contributed by atoms with E-state index in [0.29, 0.717) is 6.54 Å². The Morgan fingerprint density at radius 3 is 2.76 bits per heavy atom. The first kappa shape index (κ1) is 15.4. The van der Waals surface area contributed by atoms with E-state index in [-0.39, 0.29) is 19.0 Å². The minimum absolute atomic E-state index is 0.0336. The van der Waals surface area contributed by atoms with Gasteiger partial charge in [0.2, 0.25) is 0 Å². The van der Waals surface area contributed by atoms with Gasteiger partial charge in [-0.25, -0.2) is 4.79 Å². The lowest BCUT2D eigenvalue weighted by atomic mass is 9.90. The van der Waals surface area contributed by atoms with E-state index < -0.39 is 5.97 Å². The summed E-state index contributed by atoms with van der Waals surface area (Å²) >= 11 is 0. The molecule has 0 bridgehead atoms. The highest BCUT2D eigenvalue weighted by Crippen LogP contribution is 2.28. The zero-order chi connectivity index (χ0) is 15.2. The minimum atomic E-state index is -0.890. The standard InChI is InChI=1S/C16H22N2O3/c1-2-18(11-10-15(19)20)16(21)17-14-9-5-7-12-6-3-4-8-13(12)14/h5,7,9H,2-4,6,8,10-11H2,1H3,(H,17,21)(H,19,20). The van der Waals surface area contributed by atoms with Crippen molar-refractivity contribution in [2.45, 2.75) is 39.0 Å². The Morgan fingerprint density at radius 2 is 2.05 bits per heavy atom. The maximum Gasteiger partial charge on any atom is 0.321 e. The second-order valence-electron chi connectivity index (χ2n) is 5.30. The van der Waals surface area contributed by atoms with Gasteiger partial charge in [-0.15, -0.1) is 0 Å². The zero-order valence-electron chi connectivity index (χ0n) is 12.4. The van der Waals surface area contributed by atoms with Gasteiger partial charge in [-0.1, -0.05) is 12.1 Å². The molecule has 1 aliphatic rings. The molecular weight excluding hydrogens is 268 g/mol. The van der Waals surface area contributed by atoms with Crippen LogP contribution in [0.15, 0.2) is 18.2 Å². The van der Waals surface area contributed by atoms with Crippen molar-refractivity contribution in [1.82, 2.24) is 4.90 Å². The lowest BCUT2D eigenvalue weighted by molar-refractivity contribution is -0.137. The van der Waals surface area contributed by atoms with Crippen molar-refractivity contribution in [2.75, 3.05) is 18.4 Å². The molecule has 1 aliphatic carbocycles. The number of carboxylic acids is 1. The summed E-state index contributed by atoms with van der Waals surface area (Å²) < 4.78 is 0. The molecule has 1 aromatic rings. The molecular formula is C16H22N2O3. The molecule has 0 saturated carbocycles. The second-order valence-corrected chi connectivity index (χ2v) is 5.30. The normalized spacial score (nSPS) is 13.4. The summed E-state index contributed by atoms with van der Waals surface area (Å²) in [4.78, 5) is 24.4. The zero-order valence-corrected chi connectivity index (χ0v) is 12.4. The number of urea groups is 1. The Labute approximate surface area is 125 Å². The third-order valence-electron chi connectivity index (χ3n) is 3.90. The molecule has 5 nitrogen and oxygen atoms in total. The molecule has 0 heterocycles. The summed E-state index contributed by atoms with van der Waals surface area (Å²) in [6, 6.07) is 5.78. The molecule has 2 rings (SSSR count). The summed E-state index contributed by atoms with van der Waals surface area (Å²) in [7, 11) is 0. The van der Waals surface area contributed by atoms with Crippen molar-refractivity contribution in [3.8, 4) is 0 Å². The predicted molar refractivity (Wildman–Crippen MR) is 81.6 cm³/mol. The Balaban J connectivity index is 2.06. The van der Waals surface area contributed by atoms with Crippen molar-refractivity contribution >= 4 is 17.7 Å². The molecule has 0 aromatic heterocycles. The highest BCUT2D eigenvalue weighted by Gasteiger charge is 2.17. The molecule has 1 aromatic carbocycles. The monoisotopic (exact) mass is 290 g/mol. The number of nitrogens with zero attached hydrogens (tertiary/aromatic N) is 1. The number of aryl methyl sites for hydroxylation is 1. The van der Waals surface area contributed by atoms with Crippen LogP contribution < -0.4 is 5.32 Å². The third-order valence-corrected chi connectivity index (χ3v) is 3.90. The summed E-state index contributed by atoms with van der Waals surface area (Å²) in [5.74, 6) is -0.890. The van der Waals surface area contributed by atoms with E-state index in [9.17, 15) is 9.59 Å². The van der Waals surface area contributed by atoms with Crippen LogP contribution in [-0.4, -0.2) is 35.1 Å². The maximum atomic E-state index is 12.3. The van der Waals surface area contributed by atoms with E-state index in [1.165, 1.54) is 22.4 Å². The average molecular weight is 290 g/mol. The summed E-state index contributed by atoms with van der Waals surface area (Å²) in [5, 5.41) is 11.7. The van der Waals surface area contributed by atoms with Crippen LogP contribution in [0, 0.1) is 0 Å². The molecule has 0 fully saturated rings. The lowest BCUT2D eigenvalue weighted by Gasteiger charge is -2.24. The smallest absolute Gasteiger partial charge is 0.321 e. The van der Waals surface area contributed by atoms with Gasteiger partial charge < -0.3 is 15.3 Å². The summed E-state index contributed by atoms with van der Waals surface area (Å²) in [5.41, 5.74) is 3.41. The molecule has 0 aliphatic heterocycles. The predicted octanol–water partition coefficient (Wildman–Crippen LogP) is 2.89. The van der Waals surface area contributed by atoms with Crippen LogP contribution in [0.1, 0.15) is 37.3 Å². The van der Waals surface area contributed by atoms with E-state index in [0.717, 1.165) is 24.9 Å². The molecule has 0 spiro atoms. The van der Waals surface area contributed by atoms with Gasteiger partial charge in [-0.2, -0.15) is 0 Å². The number of nitrogens with one attached hydrogen (secondary N) is 1. The molecule has 2 amide bonds. The highest BCUT2D eigenvalue weighted by atomic mass is 16.4. The first-order chi connectivity index (χ1) is 10.1. The molecule has 0 saturated heterocycles. The lowest BCUT2D eigenvalue weighted by Crippen LogP contribution is -2.36. The number of carbonyl (C=O) groups is 2. The Hall–Kier alpha value is -2.04. The topological polar surface area (TPSA) is 69.6 Å². The van der Waals surface area contributed by atoms with Crippen LogP contribution in [0.2, 0.25) is 0 Å². The van der Waals surface area contributed by atoms with Crippen LogP contribution in [-0.2, 0) is 17.6 Å². The molecule has 114 valence electrons. The Morgan fingerprint density at radius 1 is 1.29 bits per heavy atom. The van der Waals surface area contributed by atoms with E-state index in [4.69, 9.17) is 5.11 Å². The number of benzene rings is 1. The number of carboxylic acid groups (broad SMARTS) is 1. The van der Waals surface area contributed by atoms with Gasteiger partial charge in [0.25, 0.3) is 0 Å². The van der Waals surface area contributed by atoms with Crippen molar-refractivity contribution in [3.63, 3.8) is 0 Å². The van der Waals surface area contributed by atoms with Crippen LogP contribution in [0.25, 0.3) is 0 Å². The van der Waals surface area contributed by atoms with Crippen LogP contribution in [0.4, 0.5) is 10.5 Å². The van der Waals surface area contributed by atoms with Crippen molar-refractivity contribution in [2.24, 2.45) is 0 Å². The van der Waals surface area contributed by atoms with E-state index in [1.807, 2.05) is 19.1 Å². The van der Waals surface area contributed by atoms with Gasteiger partial charge in [0.05, 0.1) is 6.42 Å². The highest BCUT2D eigenvalue weighted by molar-refractivity contribution is 5.90. The van der Waals surface area contributed by atoms with E-state index in [2.05, 4.69) is 11.4 Å². The number of hydrogen-bond acceptors (Lipinski definition) is 2. The number of carbonyl (C=O) groups excluding carboxylic acids is 1. The van der Waals surface area contributed by atoms with Gasteiger partial charge in [-0.3, -0.25) is 4.79 Å². The van der Waals surface area contributed by atoms with E-state index >= 15 is 0 Å². The van der Waals surface area contributed by atoms with Crippen LogP contribution in [0.3, 0.4) is 0 Å². The van der Waals surface area contributed by atoms with Crippen LogP contribution >= 0.6 is 0 Å². The fourth-order valence-corrected chi connectivity index (χ4v) is 2.73. The van der Waals surface area contributed by atoms with Gasteiger partial charge in [0, 0.05) is 18.8 Å². The van der Waals surface area contributed by atoms with E-state index in [1.54, 1.807) is 0 Å². The Bertz CT molecular complexity index is 528. The van der Waals surface area contributed by atoms with Crippen molar-refractivity contribution in [1.29, 1.82) is 0 Å². The largest absolute Gasteiger partial charge is 0.481 e. The number of hydrogen-bond donors (Lipinski definition) is 2. The average Bonchev–Trinajstić information content (AvgIpc) is 2.48.